The van der Waals surface area contributed by atoms with Gasteiger partial charge in [0.2, 0.25) is 0 Å². The van der Waals surface area contributed by atoms with Gasteiger partial charge < -0.3 is 0 Å². The van der Waals surface area contributed by atoms with E-state index < -0.39 is 0 Å². The Morgan fingerprint density at radius 2 is 1.14 bits per heavy atom. The second kappa shape index (κ2) is 7.85. The molecule has 2 aliphatic carbocycles. The van der Waals surface area contributed by atoms with Crippen LogP contribution in [0.15, 0.2) is 36.4 Å². The smallest absolute Gasteiger partial charge is 0.134 e. The average Bonchev–Trinajstić information content (AvgIpc) is 3.56. The van der Waals surface area contributed by atoms with Gasteiger partial charge in [-0.25, -0.2) is 0 Å². The van der Waals surface area contributed by atoms with Gasteiger partial charge in [0, 0.05) is 12.8 Å². The molecule has 148 valence electrons. The summed E-state index contributed by atoms with van der Waals surface area (Å²) in [6, 6.07) is 13.2. The van der Waals surface area contributed by atoms with Crippen molar-refractivity contribution in [2.45, 2.75) is 78.1 Å². The molecule has 28 heavy (non-hydrogen) atoms. The zero-order chi connectivity index (χ0) is 19.8. The molecule has 1 heteroatoms. The van der Waals surface area contributed by atoms with Crippen LogP contribution in [0.3, 0.4) is 0 Å². The highest BCUT2D eigenvalue weighted by molar-refractivity contribution is 5.80. The van der Waals surface area contributed by atoms with Crippen LogP contribution >= 0.6 is 0 Å². The molecule has 2 aromatic rings. The maximum absolute atomic E-state index is 13.3. The summed E-state index contributed by atoms with van der Waals surface area (Å²) in [6.45, 7) is 8.84. The summed E-state index contributed by atoms with van der Waals surface area (Å²) < 4.78 is 0. The molecule has 0 heterocycles. The van der Waals surface area contributed by atoms with Gasteiger partial charge in [-0.3, -0.25) is 4.79 Å². The number of rotatable bonds is 8. The first kappa shape index (κ1) is 19.4. The molecule has 2 aliphatic rings. The first-order valence-corrected chi connectivity index (χ1v) is 11.1. The van der Waals surface area contributed by atoms with E-state index in [0.29, 0.717) is 29.5 Å². The van der Waals surface area contributed by atoms with Crippen LogP contribution in [0.25, 0.3) is 0 Å². The van der Waals surface area contributed by atoms with E-state index in [4.69, 9.17) is 0 Å². The fraction of sp³-hybridized carbons (Fsp3) is 0.519. The Morgan fingerprint density at radius 1 is 0.750 bits per heavy atom. The first-order valence-electron chi connectivity index (χ1n) is 11.1. The monoisotopic (exact) mass is 374 g/mol. The van der Waals surface area contributed by atoms with Gasteiger partial charge in [-0.05, 0) is 110 Å². The predicted molar refractivity (Wildman–Crippen MR) is 117 cm³/mol. The van der Waals surface area contributed by atoms with Gasteiger partial charge in [0.15, 0.2) is 0 Å². The van der Waals surface area contributed by atoms with Crippen LogP contribution < -0.4 is 0 Å². The van der Waals surface area contributed by atoms with Crippen LogP contribution in [0.4, 0.5) is 0 Å². The second-order valence-corrected chi connectivity index (χ2v) is 9.41. The maximum atomic E-state index is 13.3. The minimum absolute atomic E-state index is 0.422. The Bertz CT molecular complexity index is 798. The van der Waals surface area contributed by atoms with E-state index >= 15 is 0 Å². The summed E-state index contributed by atoms with van der Waals surface area (Å²) in [5.74, 6) is 2.74. The molecule has 0 spiro atoms. The lowest BCUT2D eigenvalue weighted by Gasteiger charge is -2.23. The van der Waals surface area contributed by atoms with Crippen molar-refractivity contribution >= 4 is 5.78 Å². The summed E-state index contributed by atoms with van der Waals surface area (Å²) in [7, 11) is 0. The van der Waals surface area contributed by atoms with Crippen molar-refractivity contribution in [2.24, 2.45) is 11.8 Å². The van der Waals surface area contributed by atoms with Crippen molar-refractivity contribution < 1.29 is 4.79 Å². The SMILES string of the molecule is Cc1cccc([C@@H](CC(=O)C[C@H](c2cccc(C)c2C)C2CC2)C2CC2)c1C. The maximum Gasteiger partial charge on any atom is 0.134 e. The minimum atomic E-state index is 0.422. The van der Waals surface area contributed by atoms with Crippen molar-refractivity contribution in [3.63, 3.8) is 0 Å². The highest BCUT2D eigenvalue weighted by atomic mass is 16.1. The van der Waals surface area contributed by atoms with Crippen molar-refractivity contribution in [3.8, 4) is 0 Å². The van der Waals surface area contributed by atoms with Gasteiger partial charge in [0.25, 0.3) is 0 Å². The van der Waals surface area contributed by atoms with Gasteiger partial charge in [0.05, 0.1) is 0 Å². The van der Waals surface area contributed by atoms with E-state index in [1.807, 2.05) is 0 Å². The van der Waals surface area contributed by atoms with E-state index in [2.05, 4.69) is 64.1 Å². The average molecular weight is 375 g/mol. The largest absolute Gasteiger partial charge is 0.300 e. The number of hydrogen-bond donors (Lipinski definition) is 0. The highest BCUT2D eigenvalue weighted by Gasteiger charge is 2.38. The van der Waals surface area contributed by atoms with Gasteiger partial charge in [0.1, 0.15) is 5.78 Å². The van der Waals surface area contributed by atoms with Crippen LogP contribution in [0.5, 0.6) is 0 Å². The molecular formula is C27H34O. The summed E-state index contributed by atoms with van der Waals surface area (Å²) in [5, 5.41) is 0. The third-order valence-electron chi connectivity index (χ3n) is 7.37. The number of Topliss-reactive ketones (excluding diaryl/α,β-unsaturated/α-hetero) is 1. The van der Waals surface area contributed by atoms with Crippen molar-refractivity contribution in [2.75, 3.05) is 0 Å². The van der Waals surface area contributed by atoms with Crippen LogP contribution in [-0.4, -0.2) is 5.78 Å². The van der Waals surface area contributed by atoms with Crippen molar-refractivity contribution in [3.05, 3.63) is 69.8 Å². The van der Waals surface area contributed by atoms with E-state index in [1.165, 1.54) is 59.1 Å². The van der Waals surface area contributed by atoms with Gasteiger partial charge in [-0.1, -0.05) is 36.4 Å². The first-order chi connectivity index (χ1) is 13.5. The van der Waals surface area contributed by atoms with Gasteiger partial charge >= 0.3 is 0 Å². The van der Waals surface area contributed by atoms with Gasteiger partial charge in [-0.15, -0.1) is 0 Å². The zero-order valence-electron chi connectivity index (χ0n) is 17.9. The lowest BCUT2D eigenvalue weighted by Crippen LogP contribution is -2.15. The Hall–Kier alpha value is -1.89. The molecule has 0 aromatic heterocycles. The second-order valence-electron chi connectivity index (χ2n) is 9.41. The molecule has 2 atom stereocenters. The Morgan fingerprint density at radius 3 is 1.50 bits per heavy atom. The lowest BCUT2D eigenvalue weighted by molar-refractivity contribution is -0.120. The Kier molecular flexibility index (Phi) is 5.45. The van der Waals surface area contributed by atoms with Crippen LogP contribution in [0, 0.1) is 39.5 Å². The topological polar surface area (TPSA) is 17.1 Å². The highest BCUT2D eigenvalue weighted by Crippen LogP contribution is 2.48. The van der Waals surface area contributed by atoms with E-state index in [1.54, 1.807) is 0 Å². The molecule has 2 saturated carbocycles. The number of ketones is 1. The Labute approximate surface area is 170 Å². The van der Waals surface area contributed by atoms with Crippen LogP contribution in [0.1, 0.15) is 83.7 Å². The van der Waals surface area contributed by atoms with Crippen LogP contribution in [0.2, 0.25) is 0 Å². The number of carbonyl (C=O) groups is 1. The van der Waals surface area contributed by atoms with Crippen molar-refractivity contribution in [1.29, 1.82) is 0 Å². The normalized spacial score (nSPS) is 18.7. The molecule has 4 rings (SSSR count). The van der Waals surface area contributed by atoms with Crippen LogP contribution in [-0.2, 0) is 4.79 Å². The van der Waals surface area contributed by atoms with Crippen molar-refractivity contribution in [1.82, 2.24) is 0 Å². The third-order valence-corrected chi connectivity index (χ3v) is 7.37. The molecule has 0 saturated heterocycles. The summed E-state index contributed by atoms with van der Waals surface area (Å²) >= 11 is 0. The van der Waals surface area contributed by atoms with E-state index in [-0.39, 0.29) is 0 Å². The molecule has 2 fully saturated rings. The van der Waals surface area contributed by atoms with Gasteiger partial charge in [-0.2, -0.15) is 0 Å². The number of aryl methyl sites for hydroxylation is 2. The molecule has 0 bridgehead atoms. The third kappa shape index (κ3) is 4.09. The fourth-order valence-corrected chi connectivity index (χ4v) is 4.98. The molecular weight excluding hydrogens is 340 g/mol. The Balaban J connectivity index is 1.53. The van der Waals surface area contributed by atoms with E-state index in [9.17, 15) is 4.79 Å². The molecule has 0 radical (unpaired) electrons. The molecule has 0 unspecified atom stereocenters. The molecule has 0 aliphatic heterocycles. The molecule has 2 aromatic carbocycles. The molecule has 0 amide bonds. The lowest BCUT2D eigenvalue weighted by atomic mass is 9.81. The minimum Gasteiger partial charge on any atom is -0.300 e. The number of benzene rings is 2. The van der Waals surface area contributed by atoms with E-state index in [0.717, 1.165) is 12.8 Å². The summed E-state index contributed by atoms with van der Waals surface area (Å²) in [6.07, 6.45) is 6.59. The zero-order valence-corrected chi connectivity index (χ0v) is 17.9. The molecule has 0 N–H and O–H groups in total. The number of carbonyl (C=O) groups excluding carboxylic acids is 1. The number of hydrogen-bond acceptors (Lipinski definition) is 1. The summed E-state index contributed by atoms with van der Waals surface area (Å²) in [5.41, 5.74) is 8.32. The predicted octanol–water partition coefficient (Wildman–Crippen LogP) is 6.96. The summed E-state index contributed by atoms with van der Waals surface area (Å²) in [4.78, 5) is 13.3. The quantitative estimate of drug-likeness (QED) is 0.488. The standard InChI is InChI=1S/C27H34O/c1-17-7-5-9-24(19(17)3)26(21-11-12-21)15-23(28)16-27(22-13-14-22)25-10-6-8-18(2)20(25)4/h5-10,21-22,26-27H,11-16H2,1-4H3/t26-,27-/m0/s1. The fourth-order valence-electron chi connectivity index (χ4n) is 4.98. The molecule has 1 nitrogen and oxygen atoms in total.